The molecule has 0 radical (unpaired) electrons. The van der Waals surface area contributed by atoms with Gasteiger partial charge in [-0.1, -0.05) is 182 Å². The highest BCUT2D eigenvalue weighted by molar-refractivity contribution is 7.31. The number of nitrogens with zero attached hydrogens (tertiary/aromatic N) is 6. The van der Waals surface area contributed by atoms with E-state index in [-0.39, 0.29) is 85.6 Å². The van der Waals surface area contributed by atoms with E-state index in [0.29, 0.717) is 44.7 Å². The Kier molecular flexibility index (Phi) is 18.6. The minimum atomic E-state index is -2.92. The Labute approximate surface area is 586 Å². The summed E-state index contributed by atoms with van der Waals surface area (Å²) in [5.41, 5.74) is -6.95. The Balaban J connectivity index is 1.05. The predicted molar refractivity (Wildman–Crippen MR) is 367 cm³/mol. The van der Waals surface area contributed by atoms with Crippen LogP contribution in [0.2, 0.25) is 0 Å². The third-order valence-electron chi connectivity index (χ3n) is 16.9. The van der Waals surface area contributed by atoms with Crippen LogP contribution in [-0.2, 0) is 117 Å². The lowest BCUT2D eigenvalue weighted by molar-refractivity contribution is -0.165. The number of carbonyl (C=O) groups is 10. The molecule has 25 heteroatoms. The maximum Gasteiger partial charge on any atom is 0.424 e. The number of fused-ring (bicyclic) bond motifs is 6. The molecule has 3 aromatic heterocycles. The van der Waals surface area contributed by atoms with Crippen molar-refractivity contribution in [2.24, 2.45) is 9.98 Å². The van der Waals surface area contributed by atoms with Crippen molar-refractivity contribution in [2.45, 2.75) is 64.3 Å². The predicted octanol–water partition coefficient (Wildman–Crippen LogP) is 12.6. The number of carbonyl (C=O) groups excluding carboxylic acids is 10. The quantitative estimate of drug-likeness (QED) is 0.0333. The van der Waals surface area contributed by atoms with Crippen LogP contribution in [0.5, 0.6) is 0 Å². The molecule has 0 saturated heterocycles. The Morgan fingerprint density at radius 2 is 0.723 bits per heavy atom. The van der Waals surface area contributed by atoms with Crippen molar-refractivity contribution in [1.29, 1.82) is 10.5 Å². The number of esters is 4. The van der Waals surface area contributed by atoms with E-state index >= 15 is 19.2 Å². The Hall–Kier alpha value is -12.7. The number of benzene rings is 6. The van der Waals surface area contributed by atoms with E-state index < -0.39 is 120 Å². The number of amides is 6. The van der Waals surface area contributed by atoms with E-state index in [2.05, 4.69) is 4.99 Å². The van der Waals surface area contributed by atoms with Crippen molar-refractivity contribution in [3.63, 3.8) is 0 Å². The van der Waals surface area contributed by atoms with E-state index in [9.17, 15) is 39.3 Å². The molecule has 0 unspecified atom stereocenters. The van der Waals surface area contributed by atoms with E-state index in [1.165, 1.54) is 26.0 Å². The lowest BCUT2D eigenvalue weighted by Gasteiger charge is -2.29. The minimum absolute atomic E-state index is 0.0315. The average molecular weight is 1400 g/mol. The highest BCUT2D eigenvalue weighted by Crippen LogP contribution is 2.70. The van der Waals surface area contributed by atoms with Crippen LogP contribution in [0.15, 0.2) is 226 Å². The summed E-state index contributed by atoms with van der Waals surface area (Å²) in [7, 11) is 0. The summed E-state index contributed by atoms with van der Waals surface area (Å²) >= 11 is 2.35. The van der Waals surface area contributed by atoms with Gasteiger partial charge in [-0.05, 0) is 59.4 Å². The zero-order valence-corrected chi connectivity index (χ0v) is 55.6. The zero-order chi connectivity index (χ0) is 70.7. The highest BCUT2D eigenvalue weighted by atomic mass is 32.1. The number of imide groups is 6. The summed E-state index contributed by atoms with van der Waals surface area (Å²) in [6.07, 6.45) is -2.84. The molecular formula is C76H50N6O16S3. The molecule has 22 nitrogen and oxygen atoms in total. The Morgan fingerprint density at radius 3 is 1.07 bits per heavy atom. The van der Waals surface area contributed by atoms with Crippen LogP contribution in [0.1, 0.15) is 68.1 Å². The standard InChI is InChI=1S/C76H50N6O16S3/c1-43-51(35-77)65(83)81(73(91)97-41-49-29-17-7-18-30-49)67(85)60(43)79-55-33-53-62(100-55)57-58(75(53,69(87)93-37-45-21-9-3-10-22-45)70(88)94-38-46-23-11-4-12-24-46)64-59(76(57,71(89)95-39-47-25-13-5-14-26-47)72(90)96-40-48-27-15-6-16-28-48)63-54(99-64)34-56(101-63)80-61-44(2)52(36-78)66(84)82(68(61)86)74(92)98-42-50-31-19-8-20-32-50/h3-34H,37-42H2,1-2H3/b79-60+,80-61+. The zero-order valence-electron chi connectivity index (χ0n) is 53.2. The van der Waals surface area contributed by atoms with Gasteiger partial charge in [0.05, 0.1) is 4.70 Å². The lowest BCUT2D eigenvalue weighted by Crippen LogP contribution is -2.50. The maximum atomic E-state index is 16.6. The molecule has 6 amide bonds. The lowest BCUT2D eigenvalue weighted by atomic mass is 9.76. The molecule has 9 aromatic rings. The smallest absolute Gasteiger partial charge is 0.424 e. The number of rotatable bonds is 18. The minimum Gasteiger partial charge on any atom is -0.459 e. The van der Waals surface area contributed by atoms with Gasteiger partial charge in [0.25, 0.3) is 23.6 Å². The number of aliphatic imine (C=N–C) groups is 2. The van der Waals surface area contributed by atoms with Crippen molar-refractivity contribution in [3.8, 4) is 12.1 Å². The number of hydrogen-bond acceptors (Lipinski definition) is 23. The first-order valence-corrected chi connectivity index (χ1v) is 33.3. The van der Waals surface area contributed by atoms with Crippen LogP contribution in [-0.4, -0.2) is 80.9 Å². The second-order valence-corrected chi connectivity index (χ2v) is 26.1. The van der Waals surface area contributed by atoms with Gasteiger partial charge < -0.3 is 28.4 Å². The summed E-state index contributed by atoms with van der Waals surface area (Å²) in [5.74, 6) is -10.3. The van der Waals surface area contributed by atoms with Crippen LogP contribution >= 0.6 is 34.0 Å². The van der Waals surface area contributed by atoms with Gasteiger partial charge in [-0.15, -0.1) is 34.0 Å². The second kappa shape index (κ2) is 28.0. The van der Waals surface area contributed by atoms with Crippen molar-refractivity contribution in [3.05, 3.63) is 271 Å². The van der Waals surface area contributed by atoms with Gasteiger partial charge in [-0.2, -0.15) is 20.3 Å². The van der Waals surface area contributed by atoms with E-state index in [1.807, 2.05) is 0 Å². The van der Waals surface area contributed by atoms with E-state index in [1.54, 1.807) is 194 Å². The molecule has 4 aliphatic rings. The summed E-state index contributed by atoms with van der Waals surface area (Å²) in [5, 5.41) is 20.6. The van der Waals surface area contributed by atoms with Crippen LogP contribution in [0.4, 0.5) is 19.6 Å². The molecule has 0 saturated carbocycles. The molecule has 13 rings (SSSR count). The largest absolute Gasteiger partial charge is 0.459 e. The first kappa shape index (κ1) is 66.9. The normalized spacial score (nSPS) is 15.8. The molecular weight excluding hydrogens is 1350 g/mol. The van der Waals surface area contributed by atoms with Crippen LogP contribution < -0.4 is 0 Å². The molecule has 5 heterocycles. The fourth-order valence-electron chi connectivity index (χ4n) is 12.0. The topological polar surface area (TPSA) is 305 Å². The third kappa shape index (κ3) is 12.1. The molecule has 6 aromatic carbocycles. The summed E-state index contributed by atoms with van der Waals surface area (Å²) < 4.78 is 36.5. The second-order valence-electron chi connectivity index (χ2n) is 23.0. The van der Waals surface area contributed by atoms with Crippen LogP contribution in [0, 0.1) is 22.7 Å². The number of ether oxygens (including phenoxy) is 6. The molecule has 0 bridgehead atoms. The summed E-state index contributed by atoms with van der Waals surface area (Å²) in [6.45, 7) is -0.0574. The molecule has 0 spiro atoms. The fraction of sp³-hybridized carbons (Fsp3) is 0.132. The molecule has 2 aliphatic heterocycles. The van der Waals surface area contributed by atoms with Crippen molar-refractivity contribution in [1.82, 2.24) is 9.80 Å². The van der Waals surface area contributed by atoms with Gasteiger partial charge >= 0.3 is 36.1 Å². The molecule has 498 valence electrons. The van der Waals surface area contributed by atoms with Crippen molar-refractivity contribution < 1.29 is 76.4 Å². The van der Waals surface area contributed by atoms with Crippen LogP contribution in [0.3, 0.4) is 0 Å². The number of hydrogen-bond donors (Lipinski definition) is 0. The molecule has 0 N–H and O–H groups in total. The SMILES string of the molecule is CC1=C(C#N)C(=O)N(C(=O)OCc2ccccc2)C(=O)/C1=N/c1cc2c(s1)C1=C(c3sc4cc(/N=C5/C(=O)N(C(=O)OCc6ccccc6)C(=O)C(C#N)=C5C)sc4c3C1(C(=O)OCc1ccccc1)C(=O)OCc1ccccc1)C2(C(=O)OCc1ccccc1)C(=O)OCc1ccccc1. The molecule has 101 heavy (non-hydrogen) atoms. The van der Waals surface area contributed by atoms with Crippen molar-refractivity contribution in [2.75, 3.05) is 0 Å². The summed E-state index contributed by atoms with van der Waals surface area (Å²) in [4.78, 5) is 160. The molecule has 2 aliphatic carbocycles. The fourth-order valence-corrected chi connectivity index (χ4v) is 15.9. The first-order valence-electron chi connectivity index (χ1n) is 30.9. The first-order chi connectivity index (χ1) is 49.0. The number of thiophene rings is 3. The molecule has 0 atom stereocenters. The summed E-state index contributed by atoms with van der Waals surface area (Å²) in [6, 6.07) is 56.9. The van der Waals surface area contributed by atoms with Crippen LogP contribution in [0.25, 0.3) is 20.5 Å². The maximum absolute atomic E-state index is 16.6. The van der Waals surface area contributed by atoms with Gasteiger partial charge in [0.15, 0.2) is 0 Å². The highest BCUT2D eigenvalue weighted by Gasteiger charge is 2.72. The van der Waals surface area contributed by atoms with Gasteiger partial charge in [0.2, 0.25) is 10.8 Å². The van der Waals surface area contributed by atoms with Gasteiger partial charge in [-0.3, -0.25) is 38.4 Å². The average Bonchev–Trinajstić information content (AvgIpc) is 1.48. The monoisotopic (exact) mass is 1400 g/mol. The molecule has 0 fully saturated rings. The number of nitriles is 2. The third-order valence-corrected chi connectivity index (χ3v) is 20.3. The Morgan fingerprint density at radius 1 is 0.406 bits per heavy atom. The van der Waals surface area contributed by atoms with Gasteiger partial charge in [0, 0.05) is 47.9 Å². The van der Waals surface area contributed by atoms with E-state index in [0.717, 1.165) is 22.7 Å². The van der Waals surface area contributed by atoms with Gasteiger partial charge in [0.1, 0.15) is 84.4 Å². The van der Waals surface area contributed by atoms with Crippen molar-refractivity contribution >= 4 is 136 Å². The Bertz CT molecular complexity index is 5110. The van der Waals surface area contributed by atoms with Gasteiger partial charge in [-0.25, -0.2) is 19.6 Å². The van der Waals surface area contributed by atoms with E-state index in [4.69, 9.17) is 33.4 Å².